The molecule has 0 saturated heterocycles. The fourth-order valence-corrected chi connectivity index (χ4v) is 2.09. The number of ether oxygens (including phenoxy) is 1. The number of hydrogen-bond acceptors (Lipinski definition) is 3. The molecule has 1 atom stereocenters. The minimum atomic E-state index is -0.259. The number of furan rings is 1. The molecule has 3 nitrogen and oxygen atoms in total. The second-order valence-electron chi connectivity index (χ2n) is 5.03. The lowest BCUT2D eigenvalue weighted by molar-refractivity contribution is 0.0249. The minimum Gasteiger partial charge on any atom is -0.472 e. The number of rotatable bonds is 10. The predicted molar refractivity (Wildman–Crippen MR) is 76.2 cm³/mol. The summed E-state index contributed by atoms with van der Waals surface area (Å²) in [6.45, 7) is 4.36. The molecule has 0 radical (unpaired) electrons. The average molecular weight is 266 g/mol. The van der Waals surface area contributed by atoms with Gasteiger partial charge in [-0.05, 0) is 25.3 Å². The third-order valence-corrected chi connectivity index (χ3v) is 3.29. The van der Waals surface area contributed by atoms with Gasteiger partial charge in [0.15, 0.2) is 0 Å². The highest BCUT2D eigenvalue weighted by Crippen LogP contribution is 2.16. The van der Waals surface area contributed by atoms with Crippen LogP contribution in [0.25, 0.3) is 0 Å². The van der Waals surface area contributed by atoms with Crippen LogP contribution in [-0.4, -0.2) is 12.1 Å². The Labute approximate surface area is 116 Å². The van der Waals surface area contributed by atoms with Crippen LogP contribution >= 0.6 is 0 Å². The molecule has 0 bridgehead atoms. The second kappa shape index (κ2) is 9.65. The van der Waals surface area contributed by atoms with Gasteiger partial charge in [-0.1, -0.05) is 46.0 Å². The lowest BCUT2D eigenvalue weighted by Gasteiger charge is -2.17. The summed E-state index contributed by atoms with van der Waals surface area (Å²) in [5, 5.41) is 0. The SMILES string of the molecule is CCCCCCC(CCCC)OC(=O)c1ccoc1. The molecule has 1 aromatic rings. The van der Waals surface area contributed by atoms with Gasteiger partial charge in [0, 0.05) is 0 Å². The monoisotopic (exact) mass is 266 g/mol. The molecule has 0 aliphatic carbocycles. The van der Waals surface area contributed by atoms with Crippen LogP contribution in [0.3, 0.4) is 0 Å². The highest BCUT2D eigenvalue weighted by atomic mass is 16.5. The Bertz CT molecular complexity index is 330. The quantitative estimate of drug-likeness (QED) is 0.443. The molecule has 0 aromatic carbocycles. The molecule has 1 heterocycles. The summed E-state index contributed by atoms with van der Waals surface area (Å²) in [5.74, 6) is -0.259. The van der Waals surface area contributed by atoms with E-state index in [1.807, 2.05) is 0 Å². The maximum atomic E-state index is 11.9. The van der Waals surface area contributed by atoms with E-state index in [4.69, 9.17) is 9.15 Å². The molecule has 0 amide bonds. The Morgan fingerprint density at radius 1 is 1.16 bits per heavy atom. The fourth-order valence-electron chi connectivity index (χ4n) is 2.09. The van der Waals surface area contributed by atoms with Gasteiger partial charge in [0.25, 0.3) is 0 Å². The maximum absolute atomic E-state index is 11.9. The van der Waals surface area contributed by atoms with Gasteiger partial charge in [0.05, 0.1) is 11.8 Å². The Morgan fingerprint density at radius 2 is 1.89 bits per heavy atom. The molecule has 0 fully saturated rings. The normalized spacial score (nSPS) is 12.3. The first-order chi connectivity index (χ1) is 9.27. The summed E-state index contributed by atoms with van der Waals surface area (Å²) in [4.78, 5) is 11.9. The summed E-state index contributed by atoms with van der Waals surface area (Å²) >= 11 is 0. The molecule has 0 spiro atoms. The largest absolute Gasteiger partial charge is 0.472 e. The van der Waals surface area contributed by atoms with E-state index in [9.17, 15) is 4.79 Å². The van der Waals surface area contributed by atoms with Crippen molar-refractivity contribution < 1.29 is 13.9 Å². The summed E-state index contributed by atoms with van der Waals surface area (Å²) in [6.07, 6.45) is 12.0. The van der Waals surface area contributed by atoms with Gasteiger partial charge >= 0.3 is 5.97 Å². The van der Waals surface area contributed by atoms with Crippen LogP contribution in [0.15, 0.2) is 23.0 Å². The molecule has 19 heavy (non-hydrogen) atoms. The third kappa shape index (κ3) is 6.46. The van der Waals surface area contributed by atoms with Crippen LogP contribution in [0.5, 0.6) is 0 Å². The highest BCUT2D eigenvalue weighted by Gasteiger charge is 2.16. The van der Waals surface area contributed by atoms with Crippen LogP contribution in [0.2, 0.25) is 0 Å². The van der Waals surface area contributed by atoms with E-state index < -0.39 is 0 Å². The first-order valence-electron chi connectivity index (χ1n) is 7.51. The topological polar surface area (TPSA) is 39.4 Å². The zero-order valence-electron chi connectivity index (χ0n) is 12.2. The lowest BCUT2D eigenvalue weighted by atomic mass is 10.0. The zero-order chi connectivity index (χ0) is 13.9. The smallest absolute Gasteiger partial charge is 0.341 e. The lowest BCUT2D eigenvalue weighted by Crippen LogP contribution is -2.18. The maximum Gasteiger partial charge on any atom is 0.341 e. The first-order valence-corrected chi connectivity index (χ1v) is 7.51. The van der Waals surface area contributed by atoms with Crippen LogP contribution < -0.4 is 0 Å². The molecule has 0 N–H and O–H groups in total. The van der Waals surface area contributed by atoms with E-state index in [0.29, 0.717) is 5.56 Å². The summed E-state index contributed by atoms with van der Waals surface area (Å²) in [5.41, 5.74) is 0.509. The van der Waals surface area contributed by atoms with Crippen LogP contribution in [0, 0.1) is 0 Å². The first kappa shape index (κ1) is 15.8. The van der Waals surface area contributed by atoms with Gasteiger partial charge in [-0.2, -0.15) is 0 Å². The fraction of sp³-hybridized carbons (Fsp3) is 0.688. The predicted octanol–water partition coefficient (Wildman–Crippen LogP) is 4.97. The second-order valence-corrected chi connectivity index (χ2v) is 5.03. The molecular formula is C16H26O3. The Kier molecular flexibility index (Phi) is 8.03. The van der Waals surface area contributed by atoms with Gasteiger partial charge in [0.2, 0.25) is 0 Å². The van der Waals surface area contributed by atoms with Crippen molar-refractivity contribution in [2.45, 2.75) is 71.3 Å². The van der Waals surface area contributed by atoms with E-state index in [2.05, 4.69) is 13.8 Å². The number of carbonyl (C=O) groups is 1. The average Bonchev–Trinajstić information content (AvgIpc) is 2.94. The molecular weight excluding hydrogens is 240 g/mol. The molecule has 3 heteroatoms. The van der Waals surface area contributed by atoms with E-state index in [-0.39, 0.29) is 12.1 Å². The Morgan fingerprint density at radius 3 is 2.53 bits per heavy atom. The standard InChI is InChI=1S/C16H26O3/c1-3-5-7-8-10-15(9-6-4-2)19-16(17)14-11-12-18-13-14/h11-13,15H,3-10H2,1-2H3. The van der Waals surface area contributed by atoms with Gasteiger partial charge in [-0.25, -0.2) is 4.79 Å². The molecule has 0 aliphatic rings. The van der Waals surface area contributed by atoms with E-state index in [1.165, 1.54) is 31.8 Å². The van der Waals surface area contributed by atoms with Crippen molar-refractivity contribution in [1.29, 1.82) is 0 Å². The van der Waals surface area contributed by atoms with Gasteiger partial charge in [-0.3, -0.25) is 0 Å². The van der Waals surface area contributed by atoms with Gasteiger partial charge in [0.1, 0.15) is 12.4 Å². The van der Waals surface area contributed by atoms with Crippen LogP contribution in [0.1, 0.15) is 75.6 Å². The van der Waals surface area contributed by atoms with Gasteiger partial charge < -0.3 is 9.15 Å². The van der Waals surface area contributed by atoms with E-state index in [1.54, 1.807) is 6.07 Å². The van der Waals surface area contributed by atoms with Gasteiger partial charge in [-0.15, -0.1) is 0 Å². The number of hydrogen-bond donors (Lipinski definition) is 0. The van der Waals surface area contributed by atoms with Crippen molar-refractivity contribution in [2.75, 3.05) is 0 Å². The summed E-state index contributed by atoms with van der Waals surface area (Å²) < 4.78 is 10.5. The molecule has 1 unspecified atom stereocenters. The van der Waals surface area contributed by atoms with Crippen molar-refractivity contribution >= 4 is 5.97 Å². The molecule has 0 aliphatic heterocycles. The molecule has 1 aromatic heterocycles. The number of unbranched alkanes of at least 4 members (excludes halogenated alkanes) is 4. The van der Waals surface area contributed by atoms with Crippen molar-refractivity contribution in [1.82, 2.24) is 0 Å². The molecule has 108 valence electrons. The number of esters is 1. The zero-order valence-corrected chi connectivity index (χ0v) is 12.2. The van der Waals surface area contributed by atoms with Crippen molar-refractivity contribution in [3.8, 4) is 0 Å². The van der Waals surface area contributed by atoms with Crippen LogP contribution in [-0.2, 0) is 4.74 Å². The molecule has 0 saturated carbocycles. The summed E-state index contributed by atoms with van der Waals surface area (Å²) in [7, 11) is 0. The number of carbonyl (C=O) groups excluding carboxylic acids is 1. The minimum absolute atomic E-state index is 0.0548. The van der Waals surface area contributed by atoms with Crippen molar-refractivity contribution in [2.24, 2.45) is 0 Å². The summed E-state index contributed by atoms with van der Waals surface area (Å²) in [6, 6.07) is 1.65. The van der Waals surface area contributed by atoms with E-state index in [0.717, 1.165) is 32.1 Å². The van der Waals surface area contributed by atoms with E-state index >= 15 is 0 Å². The van der Waals surface area contributed by atoms with Crippen LogP contribution in [0.4, 0.5) is 0 Å². The highest BCUT2D eigenvalue weighted by molar-refractivity contribution is 5.88. The third-order valence-electron chi connectivity index (χ3n) is 3.29. The van der Waals surface area contributed by atoms with Crippen molar-refractivity contribution in [3.05, 3.63) is 24.2 Å². The Hall–Kier alpha value is -1.25. The van der Waals surface area contributed by atoms with Crippen molar-refractivity contribution in [3.63, 3.8) is 0 Å². The Balaban J connectivity index is 2.37. The molecule has 1 rings (SSSR count).